The molecule has 0 fully saturated rings. The van der Waals surface area contributed by atoms with Crippen LogP contribution in [0.15, 0.2) is 18.2 Å². The van der Waals surface area contributed by atoms with E-state index in [0.29, 0.717) is 6.04 Å². The average Bonchev–Trinajstić information content (AvgIpc) is 2.26. The minimum atomic E-state index is 0.405. The van der Waals surface area contributed by atoms with Crippen LogP contribution in [-0.4, -0.2) is 26.3 Å². The summed E-state index contributed by atoms with van der Waals surface area (Å²) in [6.07, 6.45) is 2.11. The van der Waals surface area contributed by atoms with Crippen molar-refractivity contribution in [1.29, 1.82) is 0 Å². The van der Waals surface area contributed by atoms with Crippen molar-refractivity contribution < 1.29 is 4.74 Å². The van der Waals surface area contributed by atoms with Crippen molar-refractivity contribution in [3.8, 4) is 0 Å². The summed E-state index contributed by atoms with van der Waals surface area (Å²) in [5, 5.41) is 3.32. The fourth-order valence-electron chi connectivity index (χ4n) is 2.09. The van der Waals surface area contributed by atoms with Crippen molar-refractivity contribution in [3.05, 3.63) is 34.9 Å². The minimum absolute atomic E-state index is 0.405. The van der Waals surface area contributed by atoms with Gasteiger partial charge in [0.2, 0.25) is 0 Å². The highest BCUT2D eigenvalue weighted by Gasteiger charge is 2.07. The molecule has 0 saturated heterocycles. The lowest BCUT2D eigenvalue weighted by molar-refractivity contribution is 0.114. The molecule has 0 amide bonds. The summed E-state index contributed by atoms with van der Waals surface area (Å²) in [7, 11) is 2.00. The number of ether oxygens (including phenoxy) is 1. The van der Waals surface area contributed by atoms with E-state index in [9.17, 15) is 0 Å². The SMILES string of the molecule is CCCOCC(Cc1cc(C)cc(C)c1)NC. The van der Waals surface area contributed by atoms with Crippen molar-refractivity contribution in [1.82, 2.24) is 5.32 Å². The van der Waals surface area contributed by atoms with Gasteiger partial charge in [-0.25, -0.2) is 0 Å². The van der Waals surface area contributed by atoms with Crippen LogP contribution in [-0.2, 0) is 11.2 Å². The van der Waals surface area contributed by atoms with Gasteiger partial charge >= 0.3 is 0 Å². The highest BCUT2D eigenvalue weighted by Crippen LogP contribution is 2.11. The Kier molecular flexibility index (Phi) is 6.23. The third kappa shape index (κ3) is 5.33. The van der Waals surface area contributed by atoms with Gasteiger partial charge < -0.3 is 10.1 Å². The Bertz CT molecular complexity index is 315. The molecule has 0 heterocycles. The maximum atomic E-state index is 5.61. The molecule has 1 aromatic rings. The van der Waals surface area contributed by atoms with Gasteiger partial charge in [0.1, 0.15) is 0 Å². The molecule has 0 spiro atoms. The molecule has 2 nitrogen and oxygen atoms in total. The van der Waals surface area contributed by atoms with Gasteiger partial charge in [0.05, 0.1) is 6.61 Å². The van der Waals surface area contributed by atoms with Crippen LogP contribution in [0.25, 0.3) is 0 Å². The number of hydrogen-bond acceptors (Lipinski definition) is 2. The van der Waals surface area contributed by atoms with Crippen LogP contribution in [0.4, 0.5) is 0 Å². The molecule has 1 rings (SSSR count). The standard InChI is InChI=1S/C15H25NO/c1-5-6-17-11-15(16-4)10-14-8-12(2)7-13(3)9-14/h7-9,15-16H,5-6,10-11H2,1-4H3. The molecule has 0 bridgehead atoms. The van der Waals surface area contributed by atoms with Gasteiger partial charge in [-0.05, 0) is 39.3 Å². The lowest BCUT2D eigenvalue weighted by Crippen LogP contribution is -2.32. The minimum Gasteiger partial charge on any atom is -0.380 e. The lowest BCUT2D eigenvalue weighted by atomic mass is 10.0. The predicted octanol–water partition coefficient (Wildman–Crippen LogP) is 2.86. The Morgan fingerprint density at radius 3 is 2.35 bits per heavy atom. The maximum absolute atomic E-state index is 5.61. The number of rotatable bonds is 7. The Balaban J connectivity index is 2.54. The molecule has 17 heavy (non-hydrogen) atoms. The van der Waals surface area contributed by atoms with Gasteiger partial charge in [-0.1, -0.05) is 36.2 Å². The molecule has 0 aliphatic rings. The van der Waals surface area contributed by atoms with Crippen molar-refractivity contribution in [2.45, 2.75) is 39.7 Å². The van der Waals surface area contributed by atoms with Crippen LogP contribution in [0.3, 0.4) is 0 Å². The van der Waals surface area contributed by atoms with Crippen molar-refractivity contribution in [3.63, 3.8) is 0 Å². The first-order valence-corrected chi connectivity index (χ1v) is 6.48. The molecule has 0 aliphatic heterocycles. The van der Waals surface area contributed by atoms with E-state index in [4.69, 9.17) is 4.74 Å². The summed E-state index contributed by atoms with van der Waals surface area (Å²) < 4.78 is 5.61. The van der Waals surface area contributed by atoms with Gasteiger partial charge in [-0.3, -0.25) is 0 Å². The molecule has 1 aromatic carbocycles. The van der Waals surface area contributed by atoms with E-state index < -0.39 is 0 Å². The molecule has 0 saturated carbocycles. The second-order valence-corrected chi connectivity index (χ2v) is 4.76. The number of likely N-dealkylation sites (N-methyl/N-ethyl adjacent to an activating group) is 1. The second-order valence-electron chi connectivity index (χ2n) is 4.76. The first-order valence-electron chi connectivity index (χ1n) is 6.48. The fourth-order valence-corrected chi connectivity index (χ4v) is 2.09. The van der Waals surface area contributed by atoms with E-state index in [1.807, 2.05) is 7.05 Å². The smallest absolute Gasteiger partial charge is 0.0622 e. The topological polar surface area (TPSA) is 21.3 Å². The second kappa shape index (κ2) is 7.46. The summed E-state index contributed by atoms with van der Waals surface area (Å²) in [6, 6.07) is 7.14. The first kappa shape index (κ1) is 14.2. The van der Waals surface area contributed by atoms with Crippen LogP contribution in [0, 0.1) is 13.8 Å². The molecular weight excluding hydrogens is 210 g/mol. The fraction of sp³-hybridized carbons (Fsp3) is 0.600. The van der Waals surface area contributed by atoms with Gasteiger partial charge in [0.25, 0.3) is 0 Å². The van der Waals surface area contributed by atoms with Crippen molar-refractivity contribution in [2.75, 3.05) is 20.3 Å². The zero-order chi connectivity index (χ0) is 12.7. The van der Waals surface area contributed by atoms with E-state index in [1.54, 1.807) is 0 Å². The molecule has 96 valence electrons. The normalized spacial score (nSPS) is 12.7. The number of nitrogens with one attached hydrogen (secondary N) is 1. The number of hydrogen-bond donors (Lipinski definition) is 1. The molecule has 1 atom stereocenters. The van der Waals surface area contributed by atoms with E-state index in [1.165, 1.54) is 16.7 Å². The quantitative estimate of drug-likeness (QED) is 0.734. The molecule has 0 aliphatic carbocycles. The summed E-state index contributed by atoms with van der Waals surface area (Å²) in [5.41, 5.74) is 4.07. The largest absolute Gasteiger partial charge is 0.380 e. The van der Waals surface area contributed by atoms with Crippen LogP contribution in [0.5, 0.6) is 0 Å². The van der Waals surface area contributed by atoms with Crippen LogP contribution >= 0.6 is 0 Å². The van der Waals surface area contributed by atoms with Gasteiger partial charge in [-0.15, -0.1) is 0 Å². The Morgan fingerprint density at radius 2 is 1.82 bits per heavy atom. The van der Waals surface area contributed by atoms with E-state index in [2.05, 4.69) is 44.3 Å². The van der Waals surface area contributed by atoms with Crippen LogP contribution in [0.1, 0.15) is 30.0 Å². The third-order valence-corrected chi connectivity index (χ3v) is 2.84. The maximum Gasteiger partial charge on any atom is 0.0622 e. The van der Waals surface area contributed by atoms with Crippen molar-refractivity contribution in [2.24, 2.45) is 0 Å². The van der Waals surface area contributed by atoms with E-state index in [-0.39, 0.29) is 0 Å². The molecule has 1 unspecified atom stereocenters. The van der Waals surface area contributed by atoms with Crippen LogP contribution < -0.4 is 5.32 Å². The molecule has 1 N–H and O–H groups in total. The third-order valence-electron chi connectivity index (χ3n) is 2.84. The summed E-state index contributed by atoms with van der Waals surface area (Å²) >= 11 is 0. The van der Waals surface area contributed by atoms with Crippen LogP contribution in [0.2, 0.25) is 0 Å². The molecular formula is C15H25NO. The Labute approximate surface area is 105 Å². The van der Waals surface area contributed by atoms with E-state index >= 15 is 0 Å². The summed E-state index contributed by atoms with van der Waals surface area (Å²) in [5.74, 6) is 0. The van der Waals surface area contributed by atoms with Gasteiger partial charge in [0, 0.05) is 12.6 Å². The monoisotopic (exact) mass is 235 g/mol. The first-order chi connectivity index (χ1) is 8.15. The highest BCUT2D eigenvalue weighted by atomic mass is 16.5. The molecule has 0 radical (unpaired) electrons. The lowest BCUT2D eigenvalue weighted by Gasteiger charge is -2.17. The number of aryl methyl sites for hydroxylation is 2. The average molecular weight is 235 g/mol. The van der Waals surface area contributed by atoms with Gasteiger partial charge in [-0.2, -0.15) is 0 Å². The van der Waals surface area contributed by atoms with Crippen molar-refractivity contribution >= 4 is 0 Å². The zero-order valence-electron chi connectivity index (χ0n) is 11.5. The number of benzene rings is 1. The van der Waals surface area contributed by atoms with Gasteiger partial charge in [0.15, 0.2) is 0 Å². The summed E-state index contributed by atoms with van der Waals surface area (Å²) in [4.78, 5) is 0. The molecule has 2 heteroatoms. The van der Waals surface area contributed by atoms with E-state index in [0.717, 1.165) is 26.1 Å². The zero-order valence-corrected chi connectivity index (χ0v) is 11.5. The Hall–Kier alpha value is -0.860. The summed E-state index contributed by atoms with van der Waals surface area (Å²) in [6.45, 7) is 8.08. The molecule has 0 aromatic heterocycles. The highest BCUT2D eigenvalue weighted by molar-refractivity contribution is 5.29. The Morgan fingerprint density at radius 1 is 1.18 bits per heavy atom. The predicted molar refractivity (Wildman–Crippen MR) is 73.6 cm³/mol.